The molecule has 2 aromatic rings. The number of hydrogen-bond donors (Lipinski definition) is 1. The van der Waals surface area contributed by atoms with Crippen LogP contribution in [0.2, 0.25) is 5.02 Å². The van der Waals surface area contributed by atoms with Crippen molar-refractivity contribution in [3.8, 4) is 11.5 Å². The molecule has 4 rings (SSSR count). The molecule has 6 nitrogen and oxygen atoms in total. The number of rotatable bonds is 4. The monoisotopic (exact) mass is 441 g/mol. The highest BCUT2D eigenvalue weighted by molar-refractivity contribution is 6.30. The summed E-state index contributed by atoms with van der Waals surface area (Å²) in [6.45, 7) is 9.31. The molecule has 0 radical (unpaired) electrons. The second-order valence-corrected chi connectivity index (χ2v) is 9.22. The standard InChI is InChI=1S/C24H28ClN3O3/c1-4-16-5-7-18-20(13-16)31-21-14-17(25)6-8-19(21)26-22(18)28-11-9-27(10-12-28)15-24(2,3)23(29)30/h5-8,13-14H,4,9-12,15H2,1-3H3,(H,29,30). The van der Waals surface area contributed by atoms with E-state index in [1.165, 1.54) is 5.56 Å². The van der Waals surface area contributed by atoms with Crippen molar-refractivity contribution < 1.29 is 14.6 Å². The van der Waals surface area contributed by atoms with Crippen LogP contribution in [0.4, 0.5) is 5.69 Å². The highest BCUT2D eigenvalue weighted by Gasteiger charge is 2.32. The van der Waals surface area contributed by atoms with Gasteiger partial charge in [0.15, 0.2) is 5.75 Å². The highest BCUT2D eigenvalue weighted by Crippen LogP contribution is 2.40. The van der Waals surface area contributed by atoms with Crippen molar-refractivity contribution in [2.75, 3.05) is 32.7 Å². The first kappa shape index (κ1) is 21.7. The van der Waals surface area contributed by atoms with Gasteiger partial charge in [0.1, 0.15) is 17.3 Å². The molecule has 2 aliphatic heterocycles. The normalized spacial score (nSPS) is 16.6. The molecule has 0 aliphatic carbocycles. The maximum Gasteiger partial charge on any atom is 0.310 e. The number of ether oxygens (including phenoxy) is 1. The van der Waals surface area contributed by atoms with E-state index in [-0.39, 0.29) is 0 Å². The molecule has 0 spiro atoms. The Labute approximate surface area is 188 Å². The molecule has 1 N–H and O–H groups in total. The third kappa shape index (κ3) is 4.55. The minimum atomic E-state index is -0.767. The van der Waals surface area contributed by atoms with Gasteiger partial charge < -0.3 is 14.7 Å². The maximum absolute atomic E-state index is 11.5. The van der Waals surface area contributed by atoms with Gasteiger partial charge in [-0.2, -0.15) is 0 Å². The summed E-state index contributed by atoms with van der Waals surface area (Å²) in [6.07, 6.45) is 0.920. The molecule has 2 aliphatic rings. The van der Waals surface area contributed by atoms with Crippen LogP contribution in [0.5, 0.6) is 11.5 Å². The van der Waals surface area contributed by atoms with Crippen LogP contribution in [-0.4, -0.2) is 59.4 Å². The smallest absolute Gasteiger partial charge is 0.310 e. The lowest BCUT2D eigenvalue weighted by Crippen LogP contribution is -2.52. The van der Waals surface area contributed by atoms with E-state index in [4.69, 9.17) is 21.3 Å². The molecule has 0 saturated carbocycles. The van der Waals surface area contributed by atoms with E-state index in [9.17, 15) is 9.90 Å². The molecular formula is C24H28ClN3O3. The highest BCUT2D eigenvalue weighted by atomic mass is 35.5. The van der Waals surface area contributed by atoms with Crippen molar-refractivity contribution in [3.05, 3.63) is 52.5 Å². The van der Waals surface area contributed by atoms with Crippen LogP contribution in [0, 0.1) is 5.41 Å². The van der Waals surface area contributed by atoms with Crippen LogP contribution < -0.4 is 4.74 Å². The Balaban J connectivity index is 1.63. The van der Waals surface area contributed by atoms with Gasteiger partial charge >= 0.3 is 5.97 Å². The van der Waals surface area contributed by atoms with Crippen molar-refractivity contribution in [2.45, 2.75) is 27.2 Å². The SMILES string of the molecule is CCc1ccc2c(c1)Oc1cc(Cl)ccc1N=C2N1CCN(CC(C)(C)C(=O)O)CC1. The van der Waals surface area contributed by atoms with Gasteiger partial charge in [0, 0.05) is 43.8 Å². The van der Waals surface area contributed by atoms with E-state index in [1.54, 1.807) is 19.9 Å². The van der Waals surface area contributed by atoms with E-state index in [0.29, 0.717) is 17.3 Å². The zero-order valence-electron chi connectivity index (χ0n) is 18.2. The Hall–Kier alpha value is -2.57. The first-order valence-corrected chi connectivity index (χ1v) is 11.0. The Bertz CT molecular complexity index is 1030. The number of halogens is 1. The zero-order valence-corrected chi connectivity index (χ0v) is 18.9. The van der Waals surface area contributed by atoms with E-state index in [2.05, 4.69) is 34.9 Å². The number of amidine groups is 1. The third-order valence-corrected chi connectivity index (χ3v) is 6.17. The second kappa shape index (κ2) is 8.52. The molecule has 7 heteroatoms. The molecule has 31 heavy (non-hydrogen) atoms. The molecular weight excluding hydrogens is 414 g/mol. The van der Waals surface area contributed by atoms with Crippen molar-refractivity contribution in [2.24, 2.45) is 10.4 Å². The van der Waals surface area contributed by atoms with E-state index in [1.807, 2.05) is 12.1 Å². The second-order valence-electron chi connectivity index (χ2n) is 8.79. The fourth-order valence-electron chi connectivity index (χ4n) is 4.00. The number of benzene rings is 2. The lowest BCUT2D eigenvalue weighted by molar-refractivity contribution is -0.148. The number of carboxylic acids is 1. The number of carboxylic acid groups (broad SMARTS) is 1. The molecule has 1 fully saturated rings. The Kier molecular flexibility index (Phi) is 5.95. The first-order chi connectivity index (χ1) is 14.8. The molecule has 0 bridgehead atoms. The number of hydrogen-bond acceptors (Lipinski definition) is 5. The summed E-state index contributed by atoms with van der Waals surface area (Å²) >= 11 is 6.21. The predicted octanol–water partition coefficient (Wildman–Crippen LogP) is 4.81. The molecule has 0 aromatic heterocycles. The molecule has 2 heterocycles. The maximum atomic E-state index is 11.5. The van der Waals surface area contributed by atoms with Gasteiger partial charge in [-0.1, -0.05) is 24.6 Å². The minimum absolute atomic E-state index is 0.531. The van der Waals surface area contributed by atoms with Crippen molar-refractivity contribution in [1.29, 1.82) is 0 Å². The Morgan fingerprint density at radius 1 is 1.13 bits per heavy atom. The van der Waals surface area contributed by atoms with Gasteiger partial charge in [0.05, 0.1) is 11.0 Å². The number of nitrogens with zero attached hydrogens (tertiary/aromatic N) is 3. The van der Waals surface area contributed by atoms with E-state index >= 15 is 0 Å². The van der Waals surface area contributed by atoms with Crippen LogP contribution in [-0.2, 0) is 11.2 Å². The number of carbonyl (C=O) groups is 1. The number of aryl methyl sites for hydroxylation is 1. The summed E-state index contributed by atoms with van der Waals surface area (Å²) in [7, 11) is 0. The average Bonchev–Trinajstić information content (AvgIpc) is 2.89. The van der Waals surface area contributed by atoms with Gasteiger partial charge in [-0.3, -0.25) is 9.69 Å². The van der Waals surface area contributed by atoms with Gasteiger partial charge in [-0.05, 0) is 50.1 Å². The quantitative estimate of drug-likeness (QED) is 0.737. The third-order valence-electron chi connectivity index (χ3n) is 5.93. The fourth-order valence-corrected chi connectivity index (χ4v) is 4.16. The fraction of sp³-hybridized carbons (Fsp3) is 0.417. The average molecular weight is 442 g/mol. The summed E-state index contributed by atoms with van der Waals surface area (Å²) in [5, 5.41) is 10.1. The van der Waals surface area contributed by atoms with E-state index in [0.717, 1.165) is 55.4 Å². The number of aliphatic carboxylic acids is 1. The minimum Gasteiger partial charge on any atom is -0.481 e. The van der Waals surface area contributed by atoms with Crippen molar-refractivity contribution in [1.82, 2.24) is 9.80 Å². The van der Waals surface area contributed by atoms with Gasteiger partial charge in [-0.15, -0.1) is 0 Å². The molecule has 2 aromatic carbocycles. The Morgan fingerprint density at radius 2 is 1.87 bits per heavy atom. The van der Waals surface area contributed by atoms with Gasteiger partial charge in [-0.25, -0.2) is 4.99 Å². The van der Waals surface area contributed by atoms with Gasteiger partial charge in [0.25, 0.3) is 0 Å². The van der Waals surface area contributed by atoms with Crippen LogP contribution >= 0.6 is 11.6 Å². The largest absolute Gasteiger partial charge is 0.481 e. The van der Waals surface area contributed by atoms with E-state index < -0.39 is 11.4 Å². The first-order valence-electron chi connectivity index (χ1n) is 10.7. The predicted molar refractivity (Wildman–Crippen MR) is 123 cm³/mol. The molecule has 0 unspecified atom stereocenters. The summed E-state index contributed by atoms with van der Waals surface area (Å²) in [5.41, 5.74) is 2.15. The Morgan fingerprint density at radius 3 is 2.55 bits per heavy atom. The summed E-state index contributed by atoms with van der Waals surface area (Å²) in [6, 6.07) is 11.8. The molecule has 0 amide bonds. The number of aliphatic imine (C=N–C) groups is 1. The number of fused-ring (bicyclic) bond motifs is 2. The summed E-state index contributed by atoms with van der Waals surface area (Å²) in [5.74, 6) is 1.56. The van der Waals surface area contributed by atoms with Crippen molar-refractivity contribution >= 4 is 29.1 Å². The van der Waals surface area contributed by atoms with Crippen molar-refractivity contribution in [3.63, 3.8) is 0 Å². The zero-order chi connectivity index (χ0) is 22.2. The lowest BCUT2D eigenvalue weighted by atomic mass is 9.93. The van der Waals surface area contributed by atoms with Crippen LogP contribution in [0.3, 0.4) is 0 Å². The summed E-state index contributed by atoms with van der Waals surface area (Å²) in [4.78, 5) is 21.0. The number of piperazine rings is 1. The lowest BCUT2D eigenvalue weighted by Gasteiger charge is -2.39. The molecule has 0 atom stereocenters. The van der Waals surface area contributed by atoms with Crippen LogP contribution in [0.15, 0.2) is 41.4 Å². The van der Waals surface area contributed by atoms with Crippen LogP contribution in [0.1, 0.15) is 31.9 Å². The topological polar surface area (TPSA) is 65.4 Å². The summed E-state index contributed by atoms with van der Waals surface area (Å²) < 4.78 is 6.26. The molecule has 1 saturated heterocycles. The van der Waals surface area contributed by atoms with Crippen LogP contribution in [0.25, 0.3) is 0 Å². The molecule has 164 valence electrons. The van der Waals surface area contributed by atoms with Gasteiger partial charge in [0.2, 0.25) is 0 Å².